The maximum Gasteiger partial charge on any atom is 0.244 e. The Morgan fingerprint density at radius 1 is 1.11 bits per heavy atom. The molecular formula is C25H30BrCl2N3O4S. The van der Waals surface area contributed by atoms with Crippen molar-refractivity contribution in [3.05, 3.63) is 62.0 Å². The maximum atomic E-state index is 13.6. The molecule has 1 saturated carbocycles. The van der Waals surface area contributed by atoms with E-state index < -0.39 is 28.5 Å². The predicted octanol–water partition coefficient (Wildman–Crippen LogP) is 5.31. The second-order valence-corrected chi connectivity index (χ2v) is 12.7. The standard InChI is InChI=1S/C25H30BrCl2N3O4S/c1-16-12-20(9-10-21(16)26)31(36(3,34)35)15-24(32)30(14-18-8-11-22(27)23(28)13-18)17(2)25(33)29-19-6-4-5-7-19/h8-13,17,19H,4-7,14-15H2,1-3H3,(H,29,33)/t17-/m0/s1. The summed E-state index contributed by atoms with van der Waals surface area (Å²) in [4.78, 5) is 28.1. The Morgan fingerprint density at radius 3 is 2.36 bits per heavy atom. The summed E-state index contributed by atoms with van der Waals surface area (Å²) >= 11 is 15.6. The molecule has 0 unspecified atom stereocenters. The lowest BCUT2D eigenvalue weighted by Gasteiger charge is -2.32. The van der Waals surface area contributed by atoms with Gasteiger partial charge < -0.3 is 10.2 Å². The first kappa shape index (κ1) is 28.8. The van der Waals surface area contributed by atoms with E-state index in [1.165, 1.54) is 4.90 Å². The van der Waals surface area contributed by atoms with Gasteiger partial charge in [-0.3, -0.25) is 13.9 Å². The zero-order valence-electron chi connectivity index (χ0n) is 20.4. The lowest BCUT2D eigenvalue weighted by Crippen LogP contribution is -2.52. The average Bonchev–Trinajstić information content (AvgIpc) is 3.31. The van der Waals surface area contributed by atoms with Gasteiger partial charge >= 0.3 is 0 Å². The first-order chi connectivity index (χ1) is 16.9. The zero-order chi connectivity index (χ0) is 26.6. The number of benzene rings is 2. The second kappa shape index (κ2) is 12.2. The third kappa shape index (κ3) is 7.37. The Bertz CT molecular complexity index is 1240. The van der Waals surface area contributed by atoms with Gasteiger partial charge in [0.15, 0.2) is 0 Å². The van der Waals surface area contributed by atoms with Gasteiger partial charge in [-0.2, -0.15) is 0 Å². The fourth-order valence-electron chi connectivity index (χ4n) is 4.21. The average molecular weight is 619 g/mol. The Labute approximate surface area is 231 Å². The Hall–Kier alpha value is -1.81. The van der Waals surface area contributed by atoms with Crippen molar-refractivity contribution in [3.8, 4) is 0 Å². The van der Waals surface area contributed by atoms with Crippen molar-refractivity contribution in [2.75, 3.05) is 17.1 Å². The summed E-state index contributed by atoms with van der Waals surface area (Å²) in [6, 6.07) is 9.29. The van der Waals surface area contributed by atoms with Crippen LogP contribution in [0.1, 0.15) is 43.7 Å². The molecule has 1 atom stereocenters. The number of hydrogen-bond acceptors (Lipinski definition) is 4. The molecule has 1 aliphatic carbocycles. The Balaban J connectivity index is 1.91. The maximum absolute atomic E-state index is 13.6. The van der Waals surface area contributed by atoms with Crippen LogP contribution in [0.15, 0.2) is 40.9 Å². The van der Waals surface area contributed by atoms with Gasteiger partial charge in [0.25, 0.3) is 0 Å². The van der Waals surface area contributed by atoms with Crippen molar-refractivity contribution < 1.29 is 18.0 Å². The van der Waals surface area contributed by atoms with Gasteiger partial charge in [-0.1, -0.05) is 58.0 Å². The number of nitrogens with zero attached hydrogens (tertiary/aromatic N) is 2. The largest absolute Gasteiger partial charge is 0.352 e. The molecule has 196 valence electrons. The first-order valence-electron chi connectivity index (χ1n) is 11.6. The molecule has 1 fully saturated rings. The van der Waals surface area contributed by atoms with E-state index in [4.69, 9.17) is 23.2 Å². The molecular weight excluding hydrogens is 589 g/mol. The van der Waals surface area contributed by atoms with E-state index in [1.807, 2.05) is 6.92 Å². The highest BCUT2D eigenvalue weighted by Gasteiger charge is 2.31. The van der Waals surface area contributed by atoms with Crippen LogP contribution in [0.25, 0.3) is 0 Å². The van der Waals surface area contributed by atoms with Crippen LogP contribution in [0.2, 0.25) is 10.0 Å². The predicted molar refractivity (Wildman–Crippen MR) is 148 cm³/mol. The molecule has 3 rings (SSSR count). The van der Waals surface area contributed by atoms with Crippen LogP contribution in [0, 0.1) is 6.92 Å². The van der Waals surface area contributed by atoms with Crippen LogP contribution in [0.5, 0.6) is 0 Å². The summed E-state index contributed by atoms with van der Waals surface area (Å²) in [6.45, 7) is 3.09. The number of halogens is 3. The van der Waals surface area contributed by atoms with Crippen LogP contribution < -0.4 is 9.62 Å². The summed E-state index contributed by atoms with van der Waals surface area (Å²) < 4.78 is 27.3. The fraction of sp³-hybridized carbons (Fsp3) is 0.440. The summed E-state index contributed by atoms with van der Waals surface area (Å²) in [7, 11) is -3.79. The lowest BCUT2D eigenvalue weighted by atomic mass is 10.1. The highest BCUT2D eigenvalue weighted by Crippen LogP contribution is 2.27. The van der Waals surface area contributed by atoms with Crippen LogP contribution >= 0.6 is 39.1 Å². The highest BCUT2D eigenvalue weighted by molar-refractivity contribution is 9.10. The Morgan fingerprint density at radius 2 is 1.78 bits per heavy atom. The fourth-order valence-corrected chi connectivity index (χ4v) is 5.62. The second-order valence-electron chi connectivity index (χ2n) is 9.14. The molecule has 7 nitrogen and oxygen atoms in total. The number of carbonyl (C=O) groups is 2. The topological polar surface area (TPSA) is 86.8 Å². The van der Waals surface area contributed by atoms with Crippen molar-refractivity contribution in [2.45, 2.75) is 58.2 Å². The quantitative estimate of drug-likeness (QED) is 0.413. The van der Waals surface area contributed by atoms with Gasteiger partial charge in [-0.15, -0.1) is 0 Å². The summed E-state index contributed by atoms with van der Waals surface area (Å²) in [5, 5.41) is 3.73. The van der Waals surface area contributed by atoms with Gasteiger partial charge in [-0.25, -0.2) is 8.42 Å². The number of rotatable bonds is 9. The minimum absolute atomic E-state index is 0.0615. The van der Waals surface area contributed by atoms with Crippen LogP contribution in [-0.4, -0.2) is 50.0 Å². The van der Waals surface area contributed by atoms with Crippen LogP contribution in [0.3, 0.4) is 0 Å². The molecule has 2 aromatic carbocycles. The number of amides is 2. The molecule has 0 bridgehead atoms. The molecule has 2 amide bonds. The third-order valence-corrected chi connectivity index (χ3v) is 9.08. The van der Waals surface area contributed by atoms with Crippen molar-refractivity contribution in [3.63, 3.8) is 0 Å². The number of nitrogens with one attached hydrogen (secondary N) is 1. The molecule has 36 heavy (non-hydrogen) atoms. The van der Waals surface area contributed by atoms with Crippen molar-refractivity contribution in [1.82, 2.24) is 10.2 Å². The van der Waals surface area contributed by atoms with Crippen LogP contribution in [0.4, 0.5) is 5.69 Å². The molecule has 0 heterocycles. The highest BCUT2D eigenvalue weighted by atomic mass is 79.9. The van der Waals surface area contributed by atoms with Gasteiger partial charge in [0, 0.05) is 17.1 Å². The number of hydrogen-bond donors (Lipinski definition) is 1. The monoisotopic (exact) mass is 617 g/mol. The van der Waals surface area contributed by atoms with E-state index in [2.05, 4.69) is 21.2 Å². The summed E-state index contributed by atoms with van der Waals surface area (Å²) in [5.41, 5.74) is 1.86. The smallest absolute Gasteiger partial charge is 0.244 e. The number of sulfonamides is 1. The molecule has 1 aliphatic rings. The van der Waals surface area contributed by atoms with E-state index in [1.54, 1.807) is 43.3 Å². The van der Waals surface area contributed by atoms with E-state index in [0.717, 1.165) is 46.3 Å². The molecule has 0 aromatic heterocycles. The van der Waals surface area contributed by atoms with Gasteiger partial charge in [0.2, 0.25) is 21.8 Å². The molecule has 1 N–H and O–H groups in total. The number of anilines is 1. The third-order valence-electron chi connectivity index (χ3n) is 6.31. The first-order valence-corrected chi connectivity index (χ1v) is 15.0. The summed E-state index contributed by atoms with van der Waals surface area (Å²) in [5.74, 6) is -0.790. The molecule has 0 aliphatic heterocycles. The lowest BCUT2D eigenvalue weighted by molar-refractivity contribution is -0.139. The minimum Gasteiger partial charge on any atom is -0.352 e. The van der Waals surface area contributed by atoms with Gasteiger partial charge in [0.1, 0.15) is 12.6 Å². The van der Waals surface area contributed by atoms with E-state index in [0.29, 0.717) is 21.3 Å². The number of carbonyl (C=O) groups excluding carboxylic acids is 2. The van der Waals surface area contributed by atoms with E-state index in [-0.39, 0.29) is 18.5 Å². The van der Waals surface area contributed by atoms with Crippen molar-refractivity contribution >= 4 is 66.7 Å². The zero-order valence-corrected chi connectivity index (χ0v) is 24.3. The molecule has 0 spiro atoms. The normalized spacial score (nSPS) is 14.9. The van der Waals surface area contributed by atoms with E-state index in [9.17, 15) is 18.0 Å². The van der Waals surface area contributed by atoms with Gasteiger partial charge in [-0.05, 0) is 68.1 Å². The van der Waals surface area contributed by atoms with E-state index >= 15 is 0 Å². The molecule has 0 radical (unpaired) electrons. The van der Waals surface area contributed by atoms with Crippen molar-refractivity contribution in [1.29, 1.82) is 0 Å². The van der Waals surface area contributed by atoms with Crippen LogP contribution in [-0.2, 0) is 26.2 Å². The van der Waals surface area contributed by atoms with Gasteiger partial charge in [0.05, 0.1) is 22.0 Å². The Kier molecular flexibility index (Phi) is 9.71. The van der Waals surface area contributed by atoms with Crippen molar-refractivity contribution in [2.24, 2.45) is 0 Å². The molecule has 11 heteroatoms. The summed E-state index contributed by atoms with van der Waals surface area (Å²) in [6.07, 6.45) is 4.98. The molecule has 2 aromatic rings. The number of aryl methyl sites for hydroxylation is 1. The molecule has 0 saturated heterocycles. The SMILES string of the molecule is Cc1cc(N(CC(=O)N(Cc2ccc(Cl)c(Cl)c2)[C@@H](C)C(=O)NC2CCCC2)S(C)(=O)=O)ccc1Br. The minimum atomic E-state index is -3.79.